The first-order chi connectivity index (χ1) is 14.9. The predicted octanol–water partition coefficient (Wildman–Crippen LogP) is 3.96. The number of aromatic nitrogens is 1. The van der Waals surface area contributed by atoms with E-state index in [0.29, 0.717) is 18.7 Å². The van der Waals surface area contributed by atoms with Crippen molar-refractivity contribution in [2.24, 2.45) is 0 Å². The van der Waals surface area contributed by atoms with Crippen molar-refractivity contribution in [1.29, 1.82) is 0 Å². The summed E-state index contributed by atoms with van der Waals surface area (Å²) in [4.78, 5) is 23.6. The Kier molecular flexibility index (Phi) is 6.93. The molecule has 0 unspecified atom stereocenters. The summed E-state index contributed by atoms with van der Waals surface area (Å²) in [5, 5.41) is 2.71. The highest BCUT2D eigenvalue weighted by molar-refractivity contribution is 7.13. The number of halogens is 3. The number of hydrogen-bond donors (Lipinski definition) is 0. The molecule has 0 radical (unpaired) electrons. The molecule has 2 aliphatic rings. The summed E-state index contributed by atoms with van der Waals surface area (Å²) in [7, 11) is 0. The van der Waals surface area contributed by atoms with Gasteiger partial charge in [0.2, 0.25) is 5.91 Å². The zero-order valence-electron chi connectivity index (χ0n) is 17.4. The van der Waals surface area contributed by atoms with Crippen molar-refractivity contribution >= 4 is 17.2 Å². The van der Waals surface area contributed by atoms with Crippen LogP contribution >= 0.6 is 11.3 Å². The average molecular weight is 453 g/mol. The van der Waals surface area contributed by atoms with Gasteiger partial charge in [-0.1, -0.05) is 12.1 Å². The summed E-state index contributed by atoms with van der Waals surface area (Å²) in [5.74, 6) is 0.242. The van der Waals surface area contributed by atoms with Gasteiger partial charge in [-0.15, -0.1) is 11.3 Å². The zero-order chi connectivity index (χ0) is 21.8. The summed E-state index contributed by atoms with van der Waals surface area (Å²) in [6.45, 7) is 6.60. The number of hydrogen-bond acceptors (Lipinski definition) is 5. The molecule has 0 aliphatic carbocycles. The number of benzene rings is 1. The van der Waals surface area contributed by atoms with Crippen LogP contribution in [0.2, 0.25) is 0 Å². The first kappa shape index (κ1) is 22.2. The molecule has 5 nitrogen and oxygen atoms in total. The van der Waals surface area contributed by atoms with Gasteiger partial charge >= 0.3 is 6.18 Å². The van der Waals surface area contributed by atoms with Crippen LogP contribution in [0.5, 0.6) is 0 Å². The normalized spacial score (nSPS) is 19.0. The second-order valence-electron chi connectivity index (χ2n) is 8.21. The molecule has 1 aromatic heterocycles. The molecule has 1 aromatic carbocycles. The van der Waals surface area contributed by atoms with Crippen LogP contribution in [0.1, 0.15) is 30.5 Å². The minimum absolute atomic E-state index is 0.242. The highest BCUT2D eigenvalue weighted by Crippen LogP contribution is 2.32. The van der Waals surface area contributed by atoms with E-state index in [9.17, 15) is 18.0 Å². The molecule has 0 N–H and O–H groups in total. The molecule has 31 heavy (non-hydrogen) atoms. The summed E-state index contributed by atoms with van der Waals surface area (Å²) in [6, 6.07) is 5.16. The standard InChI is InChI=1S/C22H27F3N4OS/c23-22(24,25)18-6-4-17(5-7-18)21-26-19(16-31-21)14-27-8-3-9-28(13-12-27)15-20(30)29-10-1-2-11-29/h4-7,16H,1-3,8-15H2. The maximum Gasteiger partial charge on any atom is 0.416 e. The van der Waals surface area contributed by atoms with Crippen molar-refractivity contribution in [1.82, 2.24) is 19.7 Å². The molecule has 4 rings (SSSR count). The van der Waals surface area contributed by atoms with Gasteiger partial charge < -0.3 is 4.90 Å². The van der Waals surface area contributed by atoms with E-state index in [1.807, 2.05) is 10.3 Å². The first-order valence-electron chi connectivity index (χ1n) is 10.7. The molecule has 2 aromatic rings. The molecular weight excluding hydrogens is 425 g/mol. The van der Waals surface area contributed by atoms with Crippen LogP contribution in [0.4, 0.5) is 13.2 Å². The molecule has 2 saturated heterocycles. The highest BCUT2D eigenvalue weighted by atomic mass is 32.1. The van der Waals surface area contributed by atoms with Crippen LogP contribution in [0.15, 0.2) is 29.6 Å². The highest BCUT2D eigenvalue weighted by Gasteiger charge is 2.30. The van der Waals surface area contributed by atoms with Gasteiger partial charge in [-0.05, 0) is 44.5 Å². The minimum atomic E-state index is -4.33. The number of amides is 1. The van der Waals surface area contributed by atoms with Crippen molar-refractivity contribution in [2.45, 2.75) is 32.0 Å². The molecule has 0 atom stereocenters. The lowest BCUT2D eigenvalue weighted by molar-refractivity contribution is -0.137. The molecule has 2 fully saturated rings. The largest absolute Gasteiger partial charge is 0.416 e. The van der Waals surface area contributed by atoms with Crippen LogP contribution < -0.4 is 0 Å². The van der Waals surface area contributed by atoms with Gasteiger partial charge in [0.25, 0.3) is 0 Å². The SMILES string of the molecule is O=C(CN1CCCN(Cc2csc(-c3ccc(C(F)(F)F)cc3)n2)CC1)N1CCCC1. The quantitative estimate of drug-likeness (QED) is 0.689. The van der Waals surface area contributed by atoms with Crippen LogP contribution in [0, 0.1) is 0 Å². The van der Waals surface area contributed by atoms with Gasteiger partial charge in [-0.3, -0.25) is 14.6 Å². The zero-order valence-corrected chi connectivity index (χ0v) is 18.2. The van der Waals surface area contributed by atoms with Crippen LogP contribution in [-0.4, -0.2) is 71.4 Å². The van der Waals surface area contributed by atoms with Crippen molar-refractivity contribution < 1.29 is 18.0 Å². The van der Waals surface area contributed by atoms with Crippen molar-refractivity contribution in [3.63, 3.8) is 0 Å². The lowest BCUT2D eigenvalue weighted by Crippen LogP contribution is -2.40. The number of thiazole rings is 1. The summed E-state index contributed by atoms with van der Waals surface area (Å²) in [5.41, 5.74) is 0.985. The fraction of sp³-hybridized carbons (Fsp3) is 0.545. The van der Waals surface area contributed by atoms with E-state index in [2.05, 4.69) is 14.8 Å². The Morgan fingerprint density at radius 1 is 0.935 bits per heavy atom. The van der Waals surface area contributed by atoms with E-state index in [1.54, 1.807) is 0 Å². The summed E-state index contributed by atoms with van der Waals surface area (Å²) in [6.07, 6.45) is -1.10. The number of nitrogens with zero attached hydrogens (tertiary/aromatic N) is 4. The van der Waals surface area contributed by atoms with Crippen LogP contribution in [-0.2, 0) is 17.5 Å². The predicted molar refractivity (Wildman–Crippen MR) is 115 cm³/mol. The van der Waals surface area contributed by atoms with E-state index in [-0.39, 0.29) is 5.91 Å². The Morgan fingerprint density at radius 2 is 1.61 bits per heavy atom. The lowest BCUT2D eigenvalue weighted by atomic mass is 10.1. The van der Waals surface area contributed by atoms with Gasteiger partial charge in [0.1, 0.15) is 5.01 Å². The Labute approximate surface area is 184 Å². The molecule has 0 saturated carbocycles. The van der Waals surface area contributed by atoms with Gasteiger partial charge in [-0.25, -0.2) is 4.98 Å². The van der Waals surface area contributed by atoms with Crippen molar-refractivity contribution in [2.75, 3.05) is 45.8 Å². The first-order valence-corrected chi connectivity index (χ1v) is 11.6. The van der Waals surface area contributed by atoms with E-state index < -0.39 is 11.7 Å². The maximum absolute atomic E-state index is 12.8. The van der Waals surface area contributed by atoms with Crippen molar-refractivity contribution in [3.05, 3.63) is 40.9 Å². The molecular formula is C22H27F3N4OS. The molecule has 0 bridgehead atoms. The lowest BCUT2D eigenvalue weighted by Gasteiger charge is -2.23. The Bertz CT molecular complexity index is 878. The third-order valence-electron chi connectivity index (χ3n) is 5.90. The number of likely N-dealkylation sites (tertiary alicyclic amines) is 1. The second-order valence-corrected chi connectivity index (χ2v) is 9.07. The van der Waals surface area contributed by atoms with E-state index in [4.69, 9.17) is 0 Å². The number of carbonyl (C=O) groups excluding carboxylic acids is 1. The third kappa shape index (κ3) is 5.84. The smallest absolute Gasteiger partial charge is 0.342 e. The average Bonchev–Trinajstić information content (AvgIpc) is 3.39. The van der Waals surface area contributed by atoms with Crippen LogP contribution in [0.25, 0.3) is 10.6 Å². The third-order valence-corrected chi connectivity index (χ3v) is 6.84. The molecule has 2 aliphatic heterocycles. The Balaban J connectivity index is 1.30. The molecule has 0 spiro atoms. The fourth-order valence-electron chi connectivity index (χ4n) is 4.14. The van der Waals surface area contributed by atoms with E-state index in [0.717, 1.165) is 81.4 Å². The number of carbonyl (C=O) groups is 1. The fourth-order valence-corrected chi connectivity index (χ4v) is 4.96. The minimum Gasteiger partial charge on any atom is -0.342 e. The topological polar surface area (TPSA) is 39.7 Å². The summed E-state index contributed by atoms with van der Waals surface area (Å²) >= 11 is 1.45. The van der Waals surface area contributed by atoms with Gasteiger partial charge in [0.05, 0.1) is 17.8 Å². The van der Waals surface area contributed by atoms with Crippen LogP contribution in [0.3, 0.4) is 0 Å². The van der Waals surface area contributed by atoms with Gasteiger partial charge in [0, 0.05) is 43.7 Å². The van der Waals surface area contributed by atoms with Gasteiger partial charge in [0.15, 0.2) is 0 Å². The second kappa shape index (κ2) is 9.67. The van der Waals surface area contributed by atoms with Gasteiger partial charge in [-0.2, -0.15) is 13.2 Å². The molecule has 168 valence electrons. The molecule has 9 heteroatoms. The summed E-state index contributed by atoms with van der Waals surface area (Å²) < 4.78 is 38.3. The molecule has 1 amide bonds. The molecule has 3 heterocycles. The van der Waals surface area contributed by atoms with E-state index >= 15 is 0 Å². The number of alkyl halides is 3. The number of rotatable bonds is 5. The maximum atomic E-state index is 12.8. The monoisotopic (exact) mass is 452 g/mol. The van der Waals surface area contributed by atoms with Crippen molar-refractivity contribution in [3.8, 4) is 10.6 Å². The van der Waals surface area contributed by atoms with E-state index in [1.165, 1.54) is 23.5 Å². The Morgan fingerprint density at radius 3 is 2.32 bits per heavy atom. The Hall–Kier alpha value is -1.97.